The van der Waals surface area contributed by atoms with Gasteiger partial charge in [-0.15, -0.1) is 12.4 Å². The number of hydrogen-bond acceptors (Lipinski definition) is 3. The Balaban J connectivity index is 0.00000180. The molecule has 0 radical (unpaired) electrons. The van der Waals surface area contributed by atoms with E-state index in [2.05, 4.69) is 24.1 Å². The molecule has 1 saturated carbocycles. The van der Waals surface area contributed by atoms with Gasteiger partial charge in [0, 0.05) is 12.2 Å². The van der Waals surface area contributed by atoms with Crippen molar-refractivity contribution < 1.29 is 4.79 Å². The number of nitrogens with one attached hydrogen (secondary N) is 1. The molecule has 0 atom stereocenters. The maximum Gasteiger partial charge on any atom is 0.226 e. The van der Waals surface area contributed by atoms with Crippen LogP contribution in [0.15, 0.2) is 18.3 Å². The number of nitrogens with two attached hydrogens (primary N) is 1. The van der Waals surface area contributed by atoms with Gasteiger partial charge in [0.05, 0.1) is 18.3 Å². The van der Waals surface area contributed by atoms with Crippen molar-refractivity contribution in [3.63, 3.8) is 0 Å². The Hall–Kier alpha value is -1.29. The minimum absolute atomic E-state index is 0. The van der Waals surface area contributed by atoms with Gasteiger partial charge in [0.25, 0.3) is 0 Å². The molecule has 0 unspecified atom stereocenters. The SMILES string of the molecule is CC(C)C1(CNC(=O)Cc2ccc(N)cn2)CC1.Cl. The van der Waals surface area contributed by atoms with Crippen molar-refractivity contribution in [3.05, 3.63) is 24.0 Å². The van der Waals surface area contributed by atoms with Crippen LogP contribution in [-0.4, -0.2) is 17.4 Å². The minimum atomic E-state index is 0. The predicted molar refractivity (Wildman–Crippen MR) is 79.1 cm³/mol. The summed E-state index contributed by atoms with van der Waals surface area (Å²) < 4.78 is 0. The fourth-order valence-corrected chi connectivity index (χ4v) is 2.16. The Morgan fingerprint density at radius 1 is 1.47 bits per heavy atom. The zero-order valence-corrected chi connectivity index (χ0v) is 12.3. The number of hydrogen-bond donors (Lipinski definition) is 2. The van der Waals surface area contributed by atoms with Crippen molar-refractivity contribution in [1.82, 2.24) is 10.3 Å². The summed E-state index contributed by atoms with van der Waals surface area (Å²) in [5.74, 6) is 0.673. The van der Waals surface area contributed by atoms with Crippen LogP contribution in [-0.2, 0) is 11.2 Å². The molecule has 5 heteroatoms. The molecule has 0 aliphatic heterocycles. The number of nitrogens with zero attached hydrogens (tertiary/aromatic N) is 1. The van der Waals surface area contributed by atoms with Crippen molar-refractivity contribution in [3.8, 4) is 0 Å². The average Bonchev–Trinajstić information content (AvgIpc) is 3.11. The normalized spacial score (nSPS) is 15.7. The monoisotopic (exact) mass is 283 g/mol. The molecule has 1 aliphatic rings. The average molecular weight is 284 g/mol. The van der Waals surface area contributed by atoms with E-state index in [0.717, 1.165) is 12.2 Å². The molecule has 19 heavy (non-hydrogen) atoms. The maximum atomic E-state index is 11.8. The molecule has 1 heterocycles. The van der Waals surface area contributed by atoms with E-state index in [0.29, 0.717) is 23.4 Å². The van der Waals surface area contributed by atoms with Gasteiger partial charge in [-0.25, -0.2) is 0 Å². The molecular formula is C14H22ClN3O. The first-order chi connectivity index (χ1) is 8.52. The summed E-state index contributed by atoms with van der Waals surface area (Å²) in [5.41, 5.74) is 7.28. The second-order valence-corrected chi connectivity index (χ2v) is 5.55. The summed E-state index contributed by atoms with van der Waals surface area (Å²) in [6, 6.07) is 3.57. The van der Waals surface area contributed by atoms with E-state index in [1.165, 1.54) is 12.8 Å². The summed E-state index contributed by atoms with van der Waals surface area (Å²) in [6.45, 7) is 5.24. The molecule has 1 aliphatic carbocycles. The highest BCUT2D eigenvalue weighted by atomic mass is 35.5. The molecule has 3 N–H and O–H groups in total. The lowest BCUT2D eigenvalue weighted by Gasteiger charge is -2.19. The first-order valence-corrected chi connectivity index (χ1v) is 6.49. The zero-order valence-electron chi connectivity index (χ0n) is 11.5. The van der Waals surface area contributed by atoms with Crippen LogP contribution in [0.4, 0.5) is 5.69 Å². The van der Waals surface area contributed by atoms with E-state index in [-0.39, 0.29) is 18.3 Å². The van der Waals surface area contributed by atoms with Crippen LogP contribution in [0.3, 0.4) is 0 Å². The van der Waals surface area contributed by atoms with Crippen molar-refractivity contribution in [1.29, 1.82) is 0 Å². The highest BCUT2D eigenvalue weighted by molar-refractivity contribution is 5.85. The second-order valence-electron chi connectivity index (χ2n) is 5.55. The lowest BCUT2D eigenvalue weighted by Crippen LogP contribution is -2.33. The fourth-order valence-electron chi connectivity index (χ4n) is 2.16. The molecule has 2 rings (SSSR count). The van der Waals surface area contributed by atoms with Gasteiger partial charge in [-0.1, -0.05) is 13.8 Å². The van der Waals surface area contributed by atoms with Crippen LogP contribution in [0.1, 0.15) is 32.4 Å². The fraction of sp³-hybridized carbons (Fsp3) is 0.571. The number of anilines is 1. The summed E-state index contributed by atoms with van der Waals surface area (Å²) in [5, 5.41) is 3.02. The smallest absolute Gasteiger partial charge is 0.226 e. The lowest BCUT2D eigenvalue weighted by atomic mass is 9.92. The third-order valence-corrected chi connectivity index (χ3v) is 3.94. The van der Waals surface area contributed by atoms with Gasteiger partial charge < -0.3 is 11.1 Å². The van der Waals surface area contributed by atoms with E-state index >= 15 is 0 Å². The van der Waals surface area contributed by atoms with Crippen LogP contribution in [0.5, 0.6) is 0 Å². The standard InChI is InChI=1S/C14H21N3O.ClH/c1-10(2)14(5-6-14)9-17-13(18)7-12-4-3-11(15)8-16-12;/h3-4,8,10H,5-7,9,15H2,1-2H3,(H,17,18);1H. The highest BCUT2D eigenvalue weighted by Gasteiger charge is 2.45. The zero-order chi connectivity index (χ0) is 13.2. The Kier molecular flexibility index (Phi) is 5.18. The van der Waals surface area contributed by atoms with E-state index in [4.69, 9.17) is 5.73 Å². The number of halogens is 1. The van der Waals surface area contributed by atoms with Crippen molar-refractivity contribution >= 4 is 24.0 Å². The van der Waals surface area contributed by atoms with Crippen LogP contribution in [0.2, 0.25) is 0 Å². The molecule has 4 nitrogen and oxygen atoms in total. The molecule has 1 amide bonds. The number of carbonyl (C=O) groups is 1. The van der Waals surface area contributed by atoms with Gasteiger partial charge in [0.15, 0.2) is 0 Å². The van der Waals surface area contributed by atoms with Crippen LogP contribution in [0.25, 0.3) is 0 Å². The van der Waals surface area contributed by atoms with E-state index in [9.17, 15) is 4.79 Å². The van der Waals surface area contributed by atoms with Gasteiger partial charge in [-0.3, -0.25) is 9.78 Å². The quantitative estimate of drug-likeness (QED) is 0.870. The predicted octanol–water partition coefficient (Wildman–Crippen LogP) is 2.18. The first kappa shape index (κ1) is 15.8. The topological polar surface area (TPSA) is 68.0 Å². The third-order valence-electron chi connectivity index (χ3n) is 3.94. The van der Waals surface area contributed by atoms with Gasteiger partial charge in [-0.05, 0) is 36.3 Å². The van der Waals surface area contributed by atoms with E-state index in [1.807, 2.05) is 0 Å². The molecule has 106 valence electrons. The van der Waals surface area contributed by atoms with Crippen LogP contribution >= 0.6 is 12.4 Å². The van der Waals surface area contributed by atoms with E-state index < -0.39 is 0 Å². The van der Waals surface area contributed by atoms with Crippen LogP contribution in [0, 0.1) is 11.3 Å². The first-order valence-electron chi connectivity index (χ1n) is 6.49. The number of rotatable bonds is 5. The Bertz CT molecular complexity index is 427. The van der Waals surface area contributed by atoms with Gasteiger partial charge >= 0.3 is 0 Å². The maximum absolute atomic E-state index is 11.8. The molecule has 0 saturated heterocycles. The van der Waals surface area contributed by atoms with Gasteiger partial charge in [-0.2, -0.15) is 0 Å². The third kappa shape index (κ3) is 4.10. The van der Waals surface area contributed by atoms with Crippen molar-refractivity contribution in [2.75, 3.05) is 12.3 Å². The molecule has 1 fully saturated rings. The van der Waals surface area contributed by atoms with Gasteiger partial charge in [0.2, 0.25) is 5.91 Å². The molecule has 1 aromatic rings. The molecule has 0 spiro atoms. The van der Waals surface area contributed by atoms with Crippen molar-refractivity contribution in [2.24, 2.45) is 11.3 Å². The summed E-state index contributed by atoms with van der Waals surface area (Å²) in [7, 11) is 0. The molecule has 0 aromatic carbocycles. The molecule has 1 aromatic heterocycles. The number of aromatic nitrogens is 1. The van der Waals surface area contributed by atoms with Crippen molar-refractivity contribution in [2.45, 2.75) is 33.1 Å². The minimum Gasteiger partial charge on any atom is -0.397 e. The molecular weight excluding hydrogens is 262 g/mol. The van der Waals surface area contributed by atoms with Gasteiger partial charge in [0.1, 0.15) is 0 Å². The Morgan fingerprint density at radius 2 is 2.16 bits per heavy atom. The van der Waals surface area contributed by atoms with Crippen LogP contribution < -0.4 is 11.1 Å². The highest BCUT2D eigenvalue weighted by Crippen LogP contribution is 2.51. The lowest BCUT2D eigenvalue weighted by molar-refractivity contribution is -0.120. The number of nitrogen functional groups attached to an aromatic ring is 1. The number of amides is 1. The largest absolute Gasteiger partial charge is 0.397 e. The summed E-state index contributed by atoms with van der Waals surface area (Å²) >= 11 is 0. The second kappa shape index (κ2) is 6.24. The Morgan fingerprint density at radius 3 is 2.63 bits per heavy atom. The Labute approximate surface area is 120 Å². The van der Waals surface area contributed by atoms with E-state index in [1.54, 1.807) is 18.3 Å². The molecule has 0 bridgehead atoms. The number of carbonyl (C=O) groups excluding carboxylic acids is 1. The number of pyridine rings is 1. The summed E-state index contributed by atoms with van der Waals surface area (Å²) in [4.78, 5) is 15.9. The summed E-state index contributed by atoms with van der Waals surface area (Å²) in [6.07, 6.45) is 4.36.